The zero-order chi connectivity index (χ0) is 21.6. The molecule has 2 N–H and O–H groups in total. The SMILES string of the molecule is CN=C(NCCc1ccc(OC)c(OC)c1OC)NCC1(c2cccc(Cl)c2)CC1. The normalized spacial score (nSPS) is 14.8. The molecule has 0 aliphatic heterocycles. The molecule has 0 atom stereocenters. The van der Waals surface area contributed by atoms with Crippen LogP contribution in [-0.4, -0.2) is 47.4 Å². The van der Waals surface area contributed by atoms with E-state index in [9.17, 15) is 0 Å². The van der Waals surface area contributed by atoms with E-state index in [0.717, 1.165) is 42.4 Å². The number of rotatable bonds is 9. The van der Waals surface area contributed by atoms with Gasteiger partial charge in [-0.2, -0.15) is 0 Å². The summed E-state index contributed by atoms with van der Waals surface area (Å²) in [6.07, 6.45) is 3.06. The van der Waals surface area contributed by atoms with Crippen molar-refractivity contribution in [2.24, 2.45) is 4.99 Å². The van der Waals surface area contributed by atoms with Gasteiger partial charge in [-0.05, 0) is 43.0 Å². The summed E-state index contributed by atoms with van der Waals surface area (Å²) < 4.78 is 16.4. The van der Waals surface area contributed by atoms with Crippen molar-refractivity contribution in [1.82, 2.24) is 10.6 Å². The van der Waals surface area contributed by atoms with Crippen LogP contribution >= 0.6 is 11.6 Å². The Bertz CT molecular complexity index is 897. The molecular formula is C23H30ClN3O3. The highest BCUT2D eigenvalue weighted by Gasteiger charge is 2.44. The topological polar surface area (TPSA) is 64.1 Å². The molecule has 0 spiro atoms. The van der Waals surface area contributed by atoms with E-state index in [0.29, 0.717) is 23.8 Å². The number of hydrogen-bond donors (Lipinski definition) is 2. The lowest BCUT2D eigenvalue weighted by Gasteiger charge is -2.20. The van der Waals surface area contributed by atoms with E-state index in [1.165, 1.54) is 5.56 Å². The summed E-state index contributed by atoms with van der Waals surface area (Å²) in [6, 6.07) is 12.0. The minimum Gasteiger partial charge on any atom is -0.493 e. The number of hydrogen-bond acceptors (Lipinski definition) is 4. The number of guanidine groups is 1. The zero-order valence-electron chi connectivity index (χ0n) is 18.0. The first-order valence-electron chi connectivity index (χ1n) is 10.1. The van der Waals surface area contributed by atoms with Crippen LogP contribution in [0.3, 0.4) is 0 Å². The predicted octanol–water partition coefficient (Wildman–Crippen LogP) is 3.81. The van der Waals surface area contributed by atoms with Crippen molar-refractivity contribution >= 4 is 17.6 Å². The second-order valence-corrected chi connectivity index (χ2v) is 7.82. The van der Waals surface area contributed by atoms with Gasteiger partial charge in [-0.25, -0.2) is 0 Å². The second kappa shape index (κ2) is 9.94. The van der Waals surface area contributed by atoms with Crippen molar-refractivity contribution in [3.63, 3.8) is 0 Å². The fourth-order valence-electron chi connectivity index (χ4n) is 3.69. The molecule has 162 valence electrons. The fraction of sp³-hybridized carbons (Fsp3) is 0.435. The van der Waals surface area contributed by atoms with Gasteiger partial charge >= 0.3 is 0 Å². The van der Waals surface area contributed by atoms with Crippen LogP contribution in [0.5, 0.6) is 17.2 Å². The molecule has 7 heteroatoms. The van der Waals surface area contributed by atoms with Crippen LogP contribution in [0.1, 0.15) is 24.0 Å². The Labute approximate surface area is 183 Å². The number of ether oxygens (including phenoxy) is 3. The van der Waals surface area contributed by atoms with Crippen molar-refractivity contribution < 1.29 is 14.2 Å². The molecule has 0 heterocycles. The van der Waals surface area contributed by atoms with Crippen LogP contribution in [0.2, 0.25) is 5.02 Å². The van der Waals surface area contributed by atoms with E-state index in [4.69, 9.17) is 25.8 Å². The molecule has 2 aromatic rings. The van der Waals surface area contributed by atoms with Crippen molar-refractivity contribution in [2.75, 3.05) is 41.5 Å². The van der Waals surface area contributed by atoms with Crippen molar-refractivity contribution in [3.8, 4) is 17.2 Å². The molecule has 6 nitrogen and oxygen atoms in total. The first-order chi connectivity index (χ1) is 14.6. The number of nitrogens with zero attached hydrogens (tertiary/aromatic N) is 1. The van der Waals surface area contributed by atoms with Gasteiger partial charge in [-0.15, -0.1) is 0 Å². The Morgan fingerprint density at radius 1 is 1.03 bits per heavy atom. The Morgan fingerprint density at radius 3 is 2.40 bits per heavy atom. The Kier molecular flexibility index (Phi) is 7.32. The Morgan fingerprint density at radius 2 is 1.80 bits per heavy atom. The highest BCUT2D eigenvalue weighted by atomic mass is 35.5. The molecule has 0 radical (unpaired) electrons. The van der Waals surface area contributed by atoms with Crippen LogP contribution in [0.15, 0.2) is 41.4 Å². The quantitative estimate of drug-likeness (QED) is 0.467. The first kappa shape index (κ1) is 22.1. The summed E-state index contributed by atoms with van der Waals surface area (Å²) in [4.78, 5) is 4.36. The zero-order valence-corrected chi connectivity index (χ0v) is 18.8. The van der Waals surface area contributed by atoms with Gasteiger partial charge in [0.05, 0.1) is 21.3 Å². The van der Waals surface area contributed by atoms with E-state index < -0.39 is 0 Å². The lowest BCUT2D eigenvalue weighted by atomic mass is 9.96. The molecule has 1 fully saturated rings. The van der Waals surface area contributed by atoms with Gasteiger partial charge in [-0.3, -0.25) is 4.99 Å². The number of methoxy groups -OCH3 is 3. The Balaban J connectivity index is 1.57. The van der Waals surface area contributed by atoms with Crippen LogP contribution in [-0.2, 0) is 11.8 Å². The highest BCUT2D eigenvalue weighted by molar-refractivity contribution is 6.30. The number of halogens is 1. The molecule has 1 saturated carbocycles. The molecule has 0 saturated heterocycles. The summed E-state index contributed by atoms with van der Waals surface area (Å²) in [5, 5.41) is 7.63. The molecule has 0 aromatic heterocycles. The van der Waals surface area contributed by atoms with E-state index in [-0.39, 0.29) is 5.41 Å². The van der Waals surface area contributed by atoms with E-state index in [1.54, 1.807) is 28.4 Å². The smallest absolute Gasteiger partial charge is 0.203 e. The maximum Gasteiger partial charge on any atom is 0.203 e. The number of nitrogens with one attached hydrogen (secondary N) is 2. The van der Waals surface area contributed by atoms with Crippen LogP contribution in [0.25, 0.3) is 0 Å². The van der Waals surface area contributed by atoms with Gasteiger partial charge in [0.1, 0.15) is 0 Å². The maximum atomic E-state index is 6.18. The summed E-state index contributed by atoms with van der Waals surface area (Å²) in [7, 11) is 6.65. The molecule has 1 aliphatic carbocycles. The summed E-state index contributed by atoms with van der Waals surface area (Å²) in [6.45, 7) is 1.53. The lowest BCUT2D eigenvalue weighted by molar-refractivity contribution is 0.322. The molecule has 30 heavy (non-hydrogen) atoms. The van der Waals surface area contributed by atoms with Gasteiger partial charge < -0.3 is 24.8 Å². The molecular weight excluding hydrogens is 402 g/mol. The fourth-order valence-corrected chi connectivity index (χ4v) is 3.88. The summed E-state index contributed by atoms with van der Waals surface area (Å²) in [5.74, 6) is 2.73. The minimum atomic E-state index is 0.148. The molecule has 0 bridgehead atoms. The summed E-state index contributed by atoms with van der Waals surface area (Å²) in [5.41, 5.74) is 2.47. The van der Waals surface area contributed by atoms with Crippen LogP contribution in [0, 0.1) is 0 Å². The van der Waals surface area contributed by atoms with Gasteiger partial charge in [0.2, 0.25) is 5.75 Å². The highest BCUT2D eigenvalue weighted by Crippen LogP contribution is 2.48. The van der Waals surface area contributed by atoms with Crippen molar-refractivity contribution in [2.45, 2.75) is 24.7 Å². The molecule has 0 amide bonds. The summed E-state index contributed by atoms with van der Waals surface area (Å²) >= 11 is 6.18. The van der Waals surface area contributed by atoms with E-state index >= 15 is 0 Å². The second-order valence-electron chi connectivity index (χ2n) is 7.39. The number of aliphatic imine (C=N–C) groups is 1. The first-order valence-corrected chi connectivity index (χ1v) is 10.4. The maximum absolute atomic E-state index is 6.18. The van der Waals surface area contributed by atoms with Crippen molar-refractivity contribution in [1.29, 1.82) is 0 Å². The number of benzene rings is 2. The third kappa shape index (κ3) is 4.93. The molecule has 3 rings (SSSR count). The molecule has 2 aromatic carbocycles. The van der Waals surface area contributed by atoms with Crippen molar-refractivity contribution in [3.05, 3.63) is 52.5 Å². The third-order valence-corrected chi connectivity index (χ3v) is 5.82. The predicted molar refractivity (Wildman–Crippen MR) is 122 cm³/mol. The van der Waals surface area contributed by atoms with Crippen LogP contribution in [0.4, 0.5) is 0 Å². The standard InChI is InChI=1S/C23H30ClN3O3/c1-25-22(27-15-23(11-12-23)17-6-5-7-18(24)14-17)26-13-10-16-8-9-19(28-2)21(30-4)20(16)29-3/h5-9,14H,10-13,15H2,1-4H3,(H2,25,26,27). The van der Waals surface area contributed by atoms with E-state index in [2.05, 4.69) is 27.8 Å². The van der Waals surface area contributed by atoms with Gasteiger partial charge in [0, 0.05) is 36.1 Å². The lowest BCUT2D eigenvalue weighted by Crippen LogP contribution is -2.42. The monoisotopic (exact) mass is 431 g/mol. The van der Waals surface area contributed by atoms with Crippen LogP contribution < -0.4 is 24.8 Å². The van der Waals surface area contributed by atoms with Gasteiger partial charge in [-0.1, -0.05) is 29.8 Å². The van der Waals surface area contributed by atoms with Gasteiger partial charge in [0.15, 0.2) is 17.5 Å². The largest absolute Gasteiger partial charge is 0.493 e. The molecule has 1 aliphatic rings. The minimum absolute atomic E-state index is 0.148. The Hall–Kier alpha value is -2.60. The third-order valence-electron chi connectivity index (χ3n) is 5.58. The average Bonchev–Trinajstić information content (AvgIpc) is 3.56. The van der Waals surface area contributed by atoms with E-state index in [1.807, 2.05) is 24.3 Å². The van der Waals surface area contributed by atoms with Gasteiger partial charge in [0.25, 0.3) is 0 Å². The average molecular weight is 432 g/mol. The molecule has 0 unspecified atom stereocenters.